The van der Waals surface area contributed by atoms with Crippen LogP contribution in [0.5, 0.6) is 11.6 Å². The van der Waals surface area contributed by atoms with Crippen molar-refractivity contribution in [3.05, 3.63) is 54.8 Å². The molecule has 0 aliphatic heterocycles. The van der Waals surface area contributed by atoms with Gasteiger partial charge in [-0.2, -0.15) is 5.26 Å². The zero-order valence-electron chi connectivity index (χ0n) is 17.9. The van der Waals surface area contributed by atoms with Crippen LogP contribution in [0.3, 0.4) is 0 Å². The molecule has 166 valence electrons. The molecular formula is C23H26Cl2N2O4. The lowest BCUT2D eigenvalue weighted by Crippen LogP contribution is -2.26. The summed E-state index contributed by atoms with van der Waals surface area (Å²) in [6, 6.07) is 4.67. The fraction of sp³-hybridized carbons (Fsp3) is 0.435. The van der Waals surface area contributed by atoms with E-state index < -0.39 is 17.2 Å². The molecule has 1 heterocycles. The van der Waals surface area contributed by atoms with Gasteiger partial charge in [0.05, 0.1) is 22.2 Å². The van der Waals surface area contributed by atoms with E-state index >= 15 is 0 Å². The van der Waals surface area contributed by atoms with Crippen LogP contribution < -0.4 is 10.3 Å². The van der Waals surface area contributed by atoms with Crippen molar-refractivity contribution in [2.24, 2.45) is 0 Å². The average molecular weight is 465 g/mol. The lowest BCUT2D eigenvalue weighted by Gasteiger charge is -2.16. The van der Waals surface area contributed by atoms with Gasteiger partial charge in [-0.05, 0) is 37.5 Å². The number of aromatic nitrogens is 1. The van der Waals surface area contributed by atoms with E-state index in [0.717, 1.165) is 30.3 Å². The first kappa shape index (κ1) is 24.8. The number of nitriles is 1. The molecule has 6 nitrogen and oxygen atoms in total. The fourth-order valence-electron chi connectivity index (χ4n) is 3.33. The van der Waals surface area contributed by atoms with Crippen LogP contribution in [0.25, 0.3) is 0 Å². The fourth-order valence-corrected chi connectivity index (χ4v) is 3.93. The Labute approximate surface area is 192 Å². The average Bonchev–Trinajstić information content (AvgIpc) is 2.72. The second-order valence-corrected chi connectivity index (χ2v) is 8.09. The molecule has 2 rings (SSSR count). The highest BCUT2D eigenvalue weighted by molar-refractivity contribution is 6.38. The van der Waals surface area contributed by atoms with Crippen molar-refractivity contribution in [2.45, 2.75) is 59.4 Å². The predicted octanol–water partition coefficient (Wildman–Crippen LogP) is 5.64. The second-order valence-electron chi connectivity index (χ2n) is 7.27. The largest absolute Gasteiger partial charge is 0.494 e. The van der Waals surface area contributed by atoms with Gasteiger partial charge in [-0.25, -0.2) is 0 Å². The summed E-state index contributed by atoms with van der Waals surface area (Å²) >= 11 is 12.6. The van der Waals surface area contributed by atoms with E-state index in [4.69, 9.17) is 27.9 Å². The van der Waals surface area contributed by atoms with Crippen LogP contribution in [0.15, 0.2) is 16.9 Å². The molecule has 0 amide bonds. The van der Waals surface area contributed by atoms with Gasteiger partial charge >= 0.3 is 0 Å². The van der Waals surface area contributed by atoms with Gasteiger partial charge in [-0.3, -0.25) is 14.2 Å². The molecule has 0 saturated carbocycles. The first-order valence-electron chi connectivity index (χ1n) is 10.3. The summed E-state index contributed by atoms with van der Waals surface area (Å²) in [5, 5.41) is 20.4. The third-order valence-corrected chi connectivity index (χ3v) is 5.54. The highest BCUT2D eigenvalue weighted by Gasteiger charge is 2.26. The van der Waals surface area contributed by atoms with Gasteiger partial charge < -0.3 is 9.84 Å². The summed E-state index contributed by atoms with van der Waals surface area (Å²) < 4.78 is 6.73. The van der Waals surface area contributed by atoms with Crippen LogP contribution in [0, 0.1) is 18.3 Å². The van der Waals surface area contributed by atoms with E-state index in [1.54, 1.807) is 0 Å². The van der Waals surface area contributed by atoms with E-state index in [9.17, 15) is 20.0 Å². The van der Waals surface area contributed by atoms with Crippen molar-refractivity contribution in [2.75, 3.05) is 6.61 Å². The second kappa shape index (κ2) is 11.2. The molecule has 31 heavy (non-hydrogen) atoms. The van der Waals surface area contributed by atoms with Gasteiger partial charge in [0.1, 0.15) is 11.6 Å². The summed E-state index contributed by atoms with van der Waals surface area (Å²) in [6.07, 6.45) is 4.67. The lowest BCUT2D eigenvalue weighted by atomic mass is 9.97. The van der Waals surface area contributed by atoms with Gasteiger partial charge in [-0.1, -0.05) is 56.3 Å². The number of nitrogens with zero attached hydrogens (tertiary/aromatic N) is 2. The third-order valence-electron chi connectivity index (χ3n) is 4.98. The van der Waals surface area contributed by atoms with E-state index in [1.165, 1.54) is 19.1 Å². The number of aromatic hydroxyl groups is 1. The zero-order valence-corrected chi connectivity index (χ0v) is 19.4. The summed E-state index contributed by atoms with van der Waals surface area (Å²) in [7, 11) is 0. The number of benzene rings is 1. The predicted molar refractivity (Wildman–Crippen MR) is 122 cm³/mol. The van der Waals surface area contributed by atoms with E-state index in [2.05, 4.69) is 6.92 Å². The van der Waals surface area contributed by atoms with E-state index in [0.29, 0.717) is 18.8 Å². The topological polar surface area (TPSA) is 92.3 Å². The molecule has 1 aromatic heterocycles. The van der Waals surface area contributed by atoms with E-state index in [-0.39, 0.29) is 38.8 Å². The zero-order chi connectivity index (χ0) is 23.1. The maximum atomic E-state index is 13.2. The Hall–Kier alpha value is -2.49. The van der Waals surface area contributed by atoms with Crippen molar-refractivity contribution in [1.82, 2.24) is 4.57 Å². The number of ketones is 1. The minimum atomic E-state index is -0.626. The van der Waals surface area contributed by atoms with Gasteiger partial charge in [0.2, 0.25) is 5.88 Å². The van der Waals surface area contributed by atoms with Crippen LogP contribution in [0.4, 0.5) is 0 Å². The summed E-state index contributed by atoms with van der Waals surface area (Å²) in [4.78, 5) is 25.7. The molecule has 1 N–H and O–H groups in total. The Morgan fingerprint density at radius 3 is 2.35 bits per heavy atom. The van der Waals surface area contributed by atoms with E-state index in [1.807, 2.05) is 13.0 Å². The maximum Gasteiger partial charge on any atom is 0.271 e. The highest BCUT2D eigenvalue weighted by atomic mass is 35.5. The Balaban J connectivity index is 2.45. The van der Waals surface area contributed by atoms with Gasteiger partial charge in [0.15, 0.2) is 11.5 Å². The number of carbonyl (C=O) groups is 1. The summed E-state index contributed by atoms with van der Waals surface area (Å²) in [6.45, 7) is 6.03. The van der Waals surface area contributed by atoms with Crippen molar-refractivity contribution < 1.29 is 14.6 Å². The number of carbonyl (C=O) groups excluding carboxylic acids is 1. The molecule has 1 aromatic carbocycles. The standard InChI is InChI=1S/C23H26Cl2N2O4/c1-4-6-7-8-10-31-21-17(24)11-15(12-18(21)25)20(28)19-14(3)16(13-26)22(29)27(9-5-2)23(19)30/h11-12,30H,4-10H2,1-3H3. The molecule has 0 bridgehead atoms. The molecule has 0 unspecified atom stereocenters. The number of hydrogen-bond donors (Lipinski definition) is 1. The molecule has 0 aliphatic rings. The van der Waals surface area contributed by atoms with Crippen LogP contribution in [-0.4, -0.2) is 22.1 Å². The van der Waals surface area contributed by atoms with Gasteiger partial charge in [-0.15, -0.1) is 0 Å². The Bertz CT molecular complexity index is 1050. The van der Waals surface area contributed by atoms with Crippen molar-refractivity contribution in [3.63, 3.8) is 0 Å². The molecule has 0 radical (unpaired) electrons. The quantitative estimate of drug-likeness (QED) is 0.362. The van der Waals surface area contributed by atoms with Crippen molar-refractivity contribution >= 4 is 29.0 Å². The number of rotatable bonds is 10. The SMILES string of the molecule is CCCCCCOc1c(Cl)cc(C(=O)c2c(C)c(C#N)c(=O)n(CCC)c2O)cc1Cl. The minimum Gasteiger partial charge on any atom is -0.494 e. The molecular weight excluding hydrogens is 439 g/mol. The molecule has 0 saturated heterocycles. The van der Waals surface area contributed by atoms with Crippen molar-refractivity contribution in [1.29, 1.82) is 5.26 Å². The molecule has 0 spiro atoms. The molecule has 0 atom stereocenters. The smallest absolute Gasteiger partial charge is 0.271 e. The number of pyridine rings is 1. The van der Waals surface area contributed by atoms with Crippen molar-refractivity contribution in [3.8, 4) is 17.7 Å². The summed E-state index contributed by atoms with van der Waals surface area (Å²) in [5.41, 5.74) is -0.689. The maximum absolute atomic E-state index is 13.2. The first-order chi connectivity index (χ1) is 14.8. The Morgan fingerprint density at radius 1 is 1.16 bits per heavy atom. The Morgan fingerprint density at radius 2 is 1.81 bits per heavy atom. The number of ether oxygens (including phenoxy) is 1. The molecule has 0 aliphatic carbocycles. The minimum absolute atomic E-state index is 0.117. The van der Waals surface area contributed by atoms with Gasteiger partial charge in [0.25, 0.3) is 5.56 Å². The lowest BCUT2D eigenvalue weighted by molar-refractivity contribution is 0.103. The number of halogens is 2. The summed E-state index contributed by atoms with van der Waals surface area (Å²) in [5.74, 6) is -0.766. The highest BCUT2D eigenvalue weighted by Crippen LogP contribution is 2.36. The van der Waals surface area contributed by atoms with Crippen LogP contribution in [-0.2, 0) is 6.54 Å². The van der Waals surface area contributed by atoms with Crippen LogP contribution >= 0.6 is 23.2 Å². The molecule has 0 fully saturated rings. The Kier molecular flexibility index (Phi) is 8.97. The van der Waals surface area contributed by atoms with Crippen LogP contribution in [0.2, 0.25) is 10.0 Å². The van der Waals surface area contributed by atoms with Gasteiger partial charge in [0, 0.05) is 12.1 Å². The first-order valence-corrected chi connectivity index (χ1v) is 11.1. The normalized spacial score (nSPS) is 10.7. The third kappa shape index (κ3) is 5.41. The molecule has 8 heteroatoms. The molecule has 2 aromatic rings. The van der Waals surface area contributed by atoms with Crippen LogP contribution in [0.1, 0.15) is 73.0 Å². The number of unbranched alkanes of at least 4 members (excludes halogenated alkanes) is 3. The number of hydrogen-bond acceptors (Lipinski definition) is 5. The monoisotopic (exact) mass is 464 g/mol.